The first-order valence-electron chi connectivity index (χ1n) is 8.53. The summed E-state index contributed by atoms with van der Waals surface area (Å²) in [6, 6.07) is 8.43. The van der Waals surface area contributed by atoms with Crippen LogP contribution in [-0.2, 0) is 7.05 Å². The second kappa shape index (κ2) is 5.29. The van der Waals surface area contributed by atoms with Crippen molar-refractivity contribution in [1.82, 2.24) is 29.4 Å². The zero-order chi connectivity index (χ0) is 17.8. The van der Waals surface area contributed by atoms with E-state index in [1.165, 1.54) is 0 Å². The van der Waals surface area contributed by atoms with Crippen molar-refractivity contribution in [3.8, 4) is 22.3 Å². The number of rotatable bonds is 2. The van der Waals surface area contributed by atoms with Crippen LogP contribution in [0.2, 0.25) is 0 Å². The predicted molar refractivity (Wildman–Crippen MR) is 102 cm³/mol. The van der Waals surface area contributed by atoms with E-state index in [1.54, 1.807) is 0 Å². The Hall–Kier alpha value is -3.41. The standard InChI is InChI=1S/C20H18N6/c1-12-19(13(2)25(3)24-12)15-9-17-18(11-22-20(17)21-10-15)14-5-7-26-16(8-14)4-6-23-26/h4-11H,1-3H3,(H,21,22). The molecule has 0 spiro atoms. The summed E-state index contributed by atoms with van der Waals surface area (Å²) in [5.41, 5.74) is 8.63. The first-order valence-corrected chi connectivity index (χ1v) is 8.53. The summed E-state index contributed by atoms with van der Waals surface area (Å²) in [5.74, 6) is 0. The molecule has 0 amide bonds. The zero-order valence-corrected chi connectivity index (χ0v) is 14.9. The number of nitrogens with zero attached hydrogens (tertiary/aromatic N) is 5. The number of nitrogens with one attached hydrogen (secondary N) is 1. The van der Waals surface area contributed by atoms with Crippen molar-refractivity contribution in [3.63, 3.8) is 0 Å². The van der Waals surface area contributed by atoms with Gasteiger partial charge in [0, 0.05) is 59.6 Å². The van der Waals surface area contributed by atoms with Gasteiger partial charge in [-0.25, -0.2) is 9.50 Å². The van der Waals surface area contributed by atoms with E-state index in [9.17, 15) is 0 Å². The third kappa shape index (κ3) is 2.08. The van der Waals surface area contributed by atoms with Gasteiger partial charge in [-0.3, -0.25) is 4.68 Å². The minimum absolute atomic E-state index is 0.885. The van der Waals surface area contributed by atoms with E-state index >= 15 is 0 Å². The molecule has 128 valence electrons. The first-order chi connectivity index (χ1) is 12.6. The molecule has 0 aromatic carbocycles. The van der Waals surface area contributed by atoms with Crippen molar-refractivity contribution < 1.29 is 0 Å². The Bertz CT molecular complexity index is 1270. The number of aryl methyl sites for hydroxylation is 2. The summed E-state index contributed by atoms with van der Waals surface area (Å²) in [6.45, 7) is 4.13. The molecule has 0 saturated carbocycles. The Morgan fingerprint density at radius 2 is 1.96 bits per heavy atom. The van der Waals surface area contributed by atoms with Crippen LogP contribution in [0, 0.1) is 13.8 Å². The van der Waals surface area contributed by atoms with Crippen LogP contribution in [0.5, 0.6) is 0 Å². The van der Waals surface area contributed by atoms with Crippen LogP contribution in [-0.4, -0.2) is 29.4 Å². The minimum atomic E-state index is 0.885. The molecule has 0 saturated heterocycles. The molecule has 0 unspecified atom stereocenters. The van der Waals surface area contributed by atoms with Crippen LogP contribution < -0.4 is 0 Å². The third-order valence-electron chi connectivity index (χ3n) is 5.04. The molecule has 5 rings (SSSR count). The Kier molecular flexibility index (Phi) is 3.03. The summed E-state index contributed by atoms with van der Waals surface area (Å²) in [4.78, 5) is 7.92. The van der Waals surface area contributed by atoms with E-state index in [4.69, 9.17) is 0 Å². The normalized spacial score (nSPS) is 11.7. The highest BCUT2D eigenvalue weighted by molar-refractivity contribution is 5.96. The second-order valence-corrected chi connectivity index (χ2v) is 6.61. The smallest absolute Gasteiger partial charge is 0.137 e. The summed E-state index contributed by atoms with van der Waals surface area (Å²) in [6.07, 6.45) is 7.73. The fraction of sp³-hybridized carbons (Fsp3) is 0.150. The summed E-state index contributed by atoms with van der Waals surface area (Å²) in [7, 11) is 1.97. The van der Waals surface area contributed by atoms with Crippen molar-refractivity contribution >= 4 is 16.6 Å². The van der Waals surface area contributed by atoms with Crippen molar-refractivity contribution in [1.29, 1.82) is 0 Å². The van der Waals surface area contributed by atoms with Crippen LogP contribution >= 0.6 is 0 Å². The van der Waals surface area contributed by atoms with Crippen LogP contribution in [0.15, 0.2) is 49.1 Å². The van der Waals surface area contributed by atoms with Gasteiger partial charge in [0.05, 0.1) is 11.2 Å². The lowest BCUT2D eigenvalue weighted by molar-refractivity contribution is 0.731. The number of H-pyrrole nitrogens is 1. The van der Waals surface area contributed by atoms with Crippen molar-refractivity contribution in [2.45, 2.75) is 13.8 Å². The quantitative estimate of drug-likeness (QED) is 0.529. The molecule has 5 aromatic heterocycles. The Labute approximate surface area is 150 Å². The fourth-order valence-corrected chi connectivity index (χ4v) is 3.66. The number of pyridine rings is 2. The van der Waals surface area contributed by atoms with E-state index in [-0.39, 0.29) is 0 Å². The Morgan fingerprint density at radius 1 is 1.08 bits per heavy atom. The van der Waals surface area contributed by atoms with Crippen LogP contribution in [0.4, 0.5) is 0 Å². The summed E-state index contributed by atoms with van der Waals surface area (Å²) < 4.78 is 3.78. The molecular weight excluding hydrogens is 324 g/mol. The molecule has 0 aliphatic heterocycles. The van der Waals surface area contributed by atoms with Crippen LogP contribution in [0.25, 0.3) is 38.8 Å². The number of fused-ring (bicyclic) bond motifs is 2. The molecule has 0 bridgehead atoms. The van der Waals surface area contributed by atoms with Gasteiger partial charge >= 0.3 is 0 Å². The molecule has 0 atom stereocenters. The van der Waals surface area contributed by atoms with Crippen molar-refractivity contribution in [2.24, 2.45) is 7.05 Å². The number of hydrogen-bond acceptors (Lipinski definition) is 3. The van der Waals surface area contributed by atoms with Gasteiger partial charge in [0.1, 0.15) is 5.65 Å². The molecule has 5 heterocycles. The highest BCUT2D eigenvalue weighted by Crippen LogP contribution is 2.33. The van der Waals surface area contributed by atoms with Gasteiger partial charge in [-0.15, -0.1) is 0 Å². The molecule has 6 nitrogen and oxygen atoms in total. The van der Waals surface area contributed by atoms with E-state index in [1.807, 2.05) is 54.0 Å². The van der Waals surface area contributed by atoms with Crippen LogP contribution in [0.1, 0.15) is 11.4 Å². The maximum Gasteiger partial charge on any atom is 0.137 e. The van der Waals surface area contributed by atoms with Gasteiger partial charge in [0.2, 0.25) is 0 Å². The predicted octanol–water partition coefficient (Wildman–Crippen LogP) is 3.89. The van der Waals surface area contributed by atoms with Gasteiger partial charge in [0.15, 0.2) is 0 Å². The van der Waals surface area contributed by atoms with E-state index in [0.717, 1.165) is 50.2 Å². The van der Waals surface area contributed by atoms with E-state index in [0.29, 0.717) is 0 Å². The molecule has 5 aromatic rings. The highest BCUT2D eigenvalue weighted by Gasteiger charge is 2.15. The van der Waals surface area contributed by atoms with Crippen molar-refractivity contribution in [3.05, 3.63) is 60.4 Å². The lowest BCUT2D eigenvalue weighted by Crippen LogP contribution is -1.92. The number of hydrogen-bond donors (Lipinski definition) is 1. The zero-order valence-electron chi connectivity index (χ0n) is 14.9. The molecule has 0 fully saturated rings. The SMILES string of the molecule is Cc1nn(C)c(C)c1-c1cnc2[nH]cc(-c3ccn4nccc4c3)c2c1. The average Bonchev–Trinajstić information content (AvgIpc) is 3.32. The Balaban J connectivity index is 1.72. The summed E-state index contributed by atoms with van der Waals surface area (Å²) >= 11 is 0. The van der Waals surface area contributed by atoms with Gasteiger partial charge in [-0.05, 0) is 43.7 Å². The third-order valence-corrected chi connectivity index (χ3v) is 5.04. The number of aromatic nitrogens is 6. The average molecular weight is 342 g/mol. The molecule has 0 aliphatic rings. The Morgan fingerprint density at radius 3 is 2.77 bits per heavy atom. The summed E-state index contributed by atoms with van der Waals surface area (Å²) in [5, 5.41) is 9.91. The van der Waals surface area contributed by atoms with Crippen LogP contribution in [0.3, 0.4) is 0 Å². The molecule has 1 N–H and O–H groups in total. The first kappa shape index (κ1) is 14.9. The van der Waals surface area contributed by atoms with Gasteiger partial charge in [-0.2, -0.15) is 10.2 Å². The monoisotopic (exact) mass is 342 g/mol. The molecule has 0 radical (unpaired) electrons. The largest absolute Gasteiger partial charge is 0.346 e. The molecule has 6 heteroatoms. The van der Waals surface area contributed by atoms with E-state index < -0.39 is 0 Å². The topological polar surface area (TPSA) is 63.8 Å². The second-order valence-electron chi connectivity index (χ2n) is 6.61. The molecular formula is C20H18N6. The highest BCUT2D eigenvalue weighted by atomic mass is 15.3. The fourth-order valence-electron chi connectivity index (χ4n) is 3.66. The maximum absolute atomic E-state index is 4.64. The molecule has 26 heavy (non-hydrogen) atoms. The lowest BCUT2D eigenvalue weighted by Gasteiger charge is -2.05. The van der Waals surface area contributed by atoms with Crippen molar-refractivity contribution in [2.75, 3.05) is 0 Å². The van der Waals surface area contributed by atoms with E-state index in [2.05, 4.69) is 45.3 Å². The minimum Gasteiger partial charge on any atom is -0.346 e. The van der Waals surface area contributed by atoms with Gasteiger partial charge < -0.3 is 4.98 Å². The number of aromatic amines is 1. The maximum atomic E-state index is 4.64. The lowest BCUT2D eigenvalue weighted by atomic mass is 10.0. The van der Waals surface area contributed by atoms with Gasteiger partial charge in [0.25, 0.3) is 0 Å². The molecule has 0 aliphatic carbocycles. The van der Waals surface area contributed by atoms with Gasteiger partial charge in [-0.1, -0.05) is 0 Å².